The first-order valence-electron chi connectivity index (χ1n) is 5.11. The van der Waals surface area contributed by atoms with Crippen molar-refractivity contribution in [1.29, 1.82) is 0 Å². The molecule has 0 unspecified atom stereocenters. The maximum atomic E-state index is 3.79. The minimum absolute atomic E-state index is 1.01. The molecule has 0 N–H and O–H groups in total. The van der Waals surface area contributed by atoms with Gasteiger partial charge in [-0.15, -0.1) is 0 Å². The summed E-state index contributed by atoms with van der Waals surface area (Å²) in [5.74, 6) is 0. The quantitative estimate of drug-likeness (QED) is 0.494. The van der Waals surface area contributed by atoms with Crippen molar-refractivity contribution in [2.75, 3.05) is 27.2 Å². The molecule has 0 aliphatic carbocycles. The second kappa shape index (κ2) is 4.97. The number of likely N-dealkylation sites (N-methyl/N-ethyl adjacent to an activating group) is 1. The third-order valence-corrected chi connectivity index (χ3v) is 2.47. The third-order valence-electron chi connectivity index (χ3n) is 2.47. The molecule has 1 nitrogen and oxygen atoms in total. The van der Waals surface area contributed by atoms with Crippen molar-refractivity contribution in [2.45, 2.75) is 6.42 Å². The van der Waals surface area contributed by atoms with Gasteiger partial charge in [0.1, 0.15) is 0 Å². The fraction of sp³-hybridized carbons (Fsp3) is 0.385. The van der Waals surface area contributed by atoms with E-state index in [4.69, 9.17) is 0 Å². The van der Waals surface area contributed by atoms with Crippen LogP contribution in [0, 0.1) is 0 Å². The molecular weight excluding hydrogens is 170 g/mol. The molecule has 1 aromatic carbocycles. The molecule has 1 aromatic rings. The van der Waals surface area contributed by atoms with Crippen molar-refractivity contribution in [3.05, 3.63) is 48.6 Å². The molecule has 0 aromatic heterocycles. The smallest absolute Gasteiger partial charge is 0.0967 e. The molecule has 0 heterocycles. The second-order valence-electron chi connectivity index (χ2n) is 4.37. The molecule has 1 heteroatoms. The fourth-order valence-electron chi connectivity index (χ4n) is 1.52. The Morgan fingerprint density at radius 1 is 1.21 bits per heavy atom. The molecule has 1 rings (SSSR count). The Hall–Kier alpha value is -1.08. The molecule has 76 valence electrons. The van der Waals surface area contributed by atoms with Crippen molar-refractivity contribution >= 4 is 0 Å². The van der Waals surface area contributed by atoms with Crippen LogP contribution in [0.15, 0.2) is 43.0 Å². The molecule has 0 radical (unpaired) electrons. The van der Waals surface area contributed by atoms with Crippen LogP contribution in [0.4, 0.5) is 0 Å². The number of quaternary nitrogens is 1. The summed E-state index contributed by atoms with van der Waals surface area (Å²) in [6.07, 6.45) is 3.13. The summed E-state index contributed by atoms with van der Waals surface area (Å²) in [5, 5.41) is 0. The number of nitrogens with zero attached hydrogens (tertiary/aromatic N) is 1. The Kier molecular flexibility index (Phi) is 3.90. The molecule has 0 fully saturated rings. The van der Waals surface area contributed by atoms with Gasteiger partial charge in [0.25, 0.3) is 0 Å². The molecule has 0 spiro atoms. The van der Waals surface area contributed by atoms with E-state index in [-0.39, 0.29) is 0 Å². The van der Waals surface area contributed by atoms with Crippen LogP contribution in [0.5, 0.6) is 0 Å². The van der Waals surface area contributed by atoms with Gasteiger partial charge in [-0.2, -0.15) is 0 Å². The lowest BCUT2D eigenvalue weighted by Gasteiger charge is -2.28. The van der Waals surface area contributed by atoms with E-state index in [9.17, 15) is 0 Å². The maximum absolute atomic E-state index is 3.79. The largest absolute Gasteiger partial charge is 0.325 e. The van der Waals surface area contributed by atoms with Gasteiger partial charge in [-0.05, 0) is 11.6 Å². The van der Waals surface area contributed by atoms with Gasteiger partial charge in [-0.1, -0.05) is 36.9 Å². The van der Waals surface area contributed by atoms with Gasteiger partial charge in [0.15, 0.2) is 0 Å². The first-order valence-corrected chi connectivity index (χ1v) is 5.11. The van der Waals surface area contributed by atoms with Gasteiger partial charge in [-0.25, -0.2) is 0 Å². The van der Waals surface area contributed by atoms with E-state index >= 15 is 0 Å². The normalized spacial score (nSPS) is 11.3. The van der Waals surface area contributed by atoms with E-state index in [1.807, 2.05) is 6.08 Å². The zero-order chi connectivity index (χ0) is 10.4. The number of rotatable bonds is 5. The van der Waals surface area contributed by atoms with Crippen LogP contribution in [0.2, 0.25) is 0 Å². The number of hydrogen-bond donors (Lipinski definition) is 0. The molecule has 14 heavy (non-hydrogen) atoms. The highest BCUT2D eigenvalue weighted by atomic mass is 15.3. The van der Waals surface area contributed by atoms with Crippen molar-refractivity contribution < 1.29 is 4.48 Å². The number of benzene rings is 1. The van der Waals surface area contributed by atoms with Crippen LogP contribution >= 0.6 is 0 Å². The Morgan fingerprint density at radius 3 is 2.43 bits per heavy atom. The van der Waals surface area contributed by atoms with Crippen LogP contribution in [-0.2, 0) is 6.42 Å². The van der Waals surface area contributed by atoms with Crippen molar-refractivity contribution in [1.82, 2.24) is 0 Å². The van der Waals surface area contributed by atoms with Gasteiger partial charge >= 0.3 is 0 Å². The zero-order valence-electron chi connectivity index (χ0n) is 9.24. The van der Waals surface area contributed by atoms with E-state index in [1.54, 1.807) is 0 Å². The molecule has 0 saturated carbocycles. The van der Waals surface area contributed by atoms with Crippen LogP contribution < -0.4 is 0 Å². The van der Waals surface area contributed by atoms with Gasteiger partial charge in [-0.3, -0.25) is 0 Å². The predicted molar refractivity (Wildman–Crippen MR) is 62.2 cm³/mol. The highest BCUT2D eigenvalue weighted by Gasteiger charge is 2.11. The molecule has 0 saturated heterocycles. The zero-order valence-corrected chi connectivity index (χ0v) is 9.24. The maximum Gasteiger partial charge on any atom is 0.0967 e. The monoisotopic (exact) mass is 190 g/mol. The Bertz CT molecular complexity index is 275. The summed E-state index contributed by atoms with van der Waals surface area (Å²) in [5.41, 5.74) is 1.42. The summed E-state index contributed by atoms with van der Waals surface area (Å²) in [4.78, 5) is 0. The topological polar surface area (TPSA) is 0 Å². The van der Waals surface area contributed by atoms with Gasteiger partial charge < -0.3 is 4.48 Å². The average Bonchev–Trinajstić information content (AvgIpc) is 2.17. The second-order valence-corrected chi connectivity index (χ2v) is 4.37. The van der Waals surface area contributed by atoms with E-state index < -0.39 is 0 Å². The van der Waals surface area contributed by atoms with Gasteiger partial charge in [0.05, 0.1) is 27.2 Å². The predicted octanol–water partition coefficient (Wildman–Crippen LogP) is 2.49. The summed E-state index contributed by atoms with van der Waals surface area (Å²) in [6, 6.07) is 10.6. The van der Waals surface area contributed by atoms with E-state index in [0.717, 1.165) is 24.0 Å². The minimum atomic E-state index is 1.01. The summed E-state index contributed by atoms with van der Waals surface area (Å²) >= 11 is 0. The molecule has 0 amide bonds. The Morgan fingerprint density at radius 2 is 1.86 bits per heavy atom. The minimum Gasteiger partial charge on any atom is -0.325 e. The standard InChI is InChI=1S/C13H20N/c1-4-11-14(2,3)12-10-13-8-6-5-7-9-13/h4-9H,1,10-12H2,2-3H3/q+1. The third kappa shape index (κ3) is 3.75. The highest BCUT2D eigenvalue weighted by molar-refractivity contribution is 5.14. The lowest BCUT2D eigenvalue weighted by molar-refractivity contribution is -0.884. The Labute approximate surface area is 87.3 Å². The van der Waals surface area contributed by atoms with Crippen LogP contribution in [0.1, 0.15) is 5.56 Å². The molecule has 0 aliphatic rings. The number of hydrogen-bond acceptors (Lipinski definition) is 0. The van der Waals surface area contributed by atoms with E-state index in [1.165, 1.54) is 5.56 Å². The van der Waals surface area contributed by atoms with Crippen molar-refractivity contribution in [3.8, 4) is 0 Å². The summed E-state index contributed by atoms with van der Waals surface area (Å²) < 4.78 is 1.01. The lowest BCUT2D eigenvalue weighted by Crippen LogP contribution is -2.41. The molecule has 0 bridgehead atoms. The first kappa shape index (κ1) is 11.0. The highest BCUT2D eigenvalue weighted by Crippen LogP contribution is 2.04. The van der Waals surface area contributed by atoms with Crippen LogP contribution in [0.3, 0.4) is 0 Å². The van der Waals surface area contributed by atoms with Gasteiger partial charge in [0.2, 0.25) is 0 Å². The van der Waals surface area contributed by atoms with Gasteiger partial charge in [0, 0.05) is 6.42 Å². The summed E-state index contributed by atoms with van der Waals surface area (Å²) in [6.45, 7) is 5.98. The average molecular weight is 190 g/mol. The molecule has 0 atom stereocenters. The SMILES string of the molecule is C=CC[N+](C)(C)CCc1ccccc1. The van der Waals surface area contributed by atoms with Crippen LogP contribution in [-0.4, -0.2) is 31.7 Å². The van der Waals surface area contributed by atoms with Crippen molar-refractivity contribution in [3.63, 3.8) is 0 Å². The van der Waals surface area contributed by atoms with Crippen LogP contribution in [0.25, 0.3) is 0 Å². The van der Waals surface area contributed by atoms with E-state index in [0.29, 0.717) is 0 Å². The Balaban J connectivity index is 2.44. The molecule has 0 aliphatic heterocycles. The fourth-order valence-corrected chi connectivity index (χ4v) is 1.52. The lowest BCUT2D eigenvalue weighted by atomic mass is 10.1. The first-order chi connectivity index (χ1) is 6.64. The summed E-state index contributed by atoms with van der Waals surface area (Å²) in [7, 11) is 4.48. The van der Waals surface area contributed by atoms with Crippen molar-refractivity contribution in [2.24, 2.45) is 0 Å². The van der Waals surface area contributed by atoms with E-state index in [2.05, 4.69) is 51.0 Å². The molecular formula is C13H20N+.